The van der Waals surface area contributed by atoms with Crippen LogP contribution in [0.15, 0.2) is 49.6 Å². The van der Waals surface area contributed by atoms with Crippen LogP contribution in [-0.4, -0.2) is 17.8 Å². The molecule has 1 aromatic rings. The van der Waals surface area contributed by atoms with Crippen LogP contribution in [0.25, 0.3) is 0 Å². The monoisotopic (exact) mass is 410 g/mol. The molecule has 1 aliphatic rings. The maximum atomic E-state index is 12.9. The fourth-order valence-electron chi connectivity index (χ4n) is 2.44. The number of imide groups is 2. The van der Waals surface area contributed by atoms with E-state index in [0.29, 0.717) is 5.69 Å². The van der Waals surface area contributed by atoms with E-state index in [-0.39, 0.29) is 12.8 Å². The maximum absolute atomic E-state index is 12.9. The van der Waals surface area contributed by atoms with Gasteiger partial charge in [-0.2, -0.15) is 0 Å². The highest BCUT2D eigenvalue weighted by atomic mass is 127. The van der Waals surface area contributed by atoms with E-state index in [1.165, 1.54) is 12.2 Å². The first-order chi connectivity index (χ1) is 10.5. The fraction of sp³-hybridized carbons (Fsp3) is 0.188. The molecule has 1 N–H and O–H groups in total. The largest absolute Gasteiger partial charge is 0.335 e. The highest BCUT2D eigenvalue weighted by Crippen LogP contribution is 2.35. The molecule has 1 saturated heterocycles. The number of urea groups is 1. The lowest BCUT2D eigenvalue weighted by atomic mass is 9.77. The summed E-state index contributed by atoms with van der Waals surface area (Å²) in [6.07, 6.45) is 3.28. The van der Waals surface area contributed by atoms with Crippen LogP contribution in [0.3, 0.4) is 0 Å². The lowest BCUT2D eigenvalue weighted by Gasteiger charge is -2.38. The van der Waals surface area contributed by atoms with Crippen molar-refractivity contribution < 1.29 is 14.4 Å². The number of nitrogens with one attached hydrogen (secondary N) is 1. The van der Waals surface area contributed by atoms with E-state index in [1.54, 1.807) is 24.3 Å². The number of nitrogens with zero attached hydrogens (tertiary/aromatic N) is 1. The van der Waals surface area contributed by atoms with Crippen LogP contribution < -0.4 is 10.2 Å². The summed E-state index contributed by atoms with van der Waals surface area (Å²) in [6.45, 7) is 7.22. The van der Waals surface area contributed by atoms with Crippen molar-refractivity contribution in [1.29, 1.82) is 0 Å². The molecule has 114 valence electrons. The summed E-state index contributed by atoms with van der Waals surface area (Å²) in [5, 5.41) is 2.26. The number of carbonyl (C=O) groups excluding carboxylic acids is 3. The number of allylic oxidation sites excluding steroid dienone is 2. The smallest absolute Gasteiger partial charge is 0.276 e. The zero-order valence-corrected chi connectivity index (χ0v) is 14.0. The SMILES string of the molecule is C=CCC1(CC=C)C(=O)NC(=O)N(c2ccc(I)cc2)C1=O. The first-order valence-electron chi connectivity index (χ1n) is 6.63. The minimum Gasteiger partial charge on any atom is -0.276 e. The minimum atomic E-state index is -1.37. The number of anilines is 1. The molecule has 5 nitrogen and oxygen atoms in total. The van der Waals surface area contributed by atoms with Gasteiger partial charge in [-0.15, -0.1) is 13.2 Å². The average Bonchev–Trinajstić information content (AvgIpc) is 2.47. The van der Waals surface area contributed by atoms with E-state index in [2.05, 4.69) is 41.1 Å². The molecule has 0 bridgehead atoms. The lowest BCUT2D eigenvalue weighted by molar-refractivity contribution is -0.142. The second kappa shape index (κ2) is 6.43. The number of halogens is 1. The second-order valence-electron chi connectivity index (χ2n) is 4.94. The van der Waals surface area contributed by atoms with Crippen LogP contribution in [0, 0.1) is 8.99 Å². The van der Waals surface area contributed by atoms with Crippen molar-refractivity contribution in [2.45, 2.75) is 12.8 Å². The third-order valence-corrected chi connectivity index (χ3v) is 4.26. The van der Waals surface area contributed by atoms with Crippen molar-refractivity contribution in [3.8, 4) is 0 Å². The van der Waals surface area contributed by atoms with Gasteiger partial charge in [0.15, 0.2) is 0 Å². The molecule has 1 heterocycles. The van der Waals surface area contributed by atoms with Gasteiger partial charge in [0.05, 0.1) is 5.69 Å². The molecule has 1 fully saturated rings. The summed E-state index contributed by atoms with van der Waals surface area (Å²) in [4.78, 5) is 38.3. The molecular weight excluding hydrogens is 395 g/mol. The van der Waals surface area contributed by atoms with Crippen LogP contribution in [0.1, 0.15) is 12.8 Å². The van der Waals surface area contributed by atoms with E-state index in [0.717, 1.165) is 8.47 Å². The molecular formula is C16H15IN2O3. The van der Waals surface area contributed by atoms with Gasteiger partial charge in [0.1, 0.15) is 5.41 Å². The Morgan fingerprint density at radius 3 is 2.14 bits per heavy atom. The average molecular weight is 410 g/mol. The van der Waals surface area contributed by atoms with E-state index < -0.39 is 23.3 Å². The molecule has 6 heteroatoms. The Bertz CT molecular complexity index is 642. The maximum Gasteiger partial charge on any atom is 0.335 e. The Labute approximate surface area is 142 Å². The molecule has 0 saturated carbocycles. The molecule has 0 spiro atoms. The fourth-order valence-corrected chi connectivity index (χ4v) is 2.80. The van der Waals surface area contributed by atoms with E-state index in [9.17, 15) is 14.4 Å². The van der Waals surface area contributed by atoms with Crippen molar-refractivity contribution >= 4 is 46.1 Å². The first kappa shape index (κ1) is 16.4. The molecule has 0 aromatic heterocycles. The number of benzene rings is 1. The predicted octanol–water partition coefficient (Wildman–Crippen LogP) is 3.01. The third kappa shape index (κ3) is 2.70. The predicted molar refractivity (Wildman–Crippen MR) is 92.2 cm³/mol. The standard InChI is InChI=1S/C16H15IN2O3/c1-3-9-16(10-4-2)13(20)18-15(22)19(14(16)21)12-7-5-11(17)6-8-12/h3-8H,1-2,9-10H2,(H,18,20,22). The Kier molecular flexibility index (Phi) is 4.80. The zero-order valence-electron chi connectivity index (χ0n) is 11.8. The molecule has 4 amide bonds. The van der Waals surface area contributed by atoms with Gasteiger partial charge in [-0.05, 0) is 59.7 Å². The van der Waals surface area contributed by atoms with Gasteiger partial charge in [-0.3, -0.25) is 14.9 Å². The Morgan fingerprint density at radius 2 is 1.64 bits per heavy atom. The van der Waals surface area contributed by atoms with Crippen LogP contribution >= 0.6 is 22.6 Å². The van der Waals surface area contributed by atoms with Crippen LogP contribution in [0.2, 0.25) is 0 Å². The quantitative estimate of drug-likeness (QED) is 0.461. The first-order valence-corrected chi connectivity index (χ1v) is 7.71. The number of amides is 4. The highest BCUT2D eigenvalue weighted by molar-refractivity contribution is 14.1. The summed E-state index contributed by atoms with van der Waals surface area (Å²) < 4.78 is 0.978. The number of rotatable bonds is 5. The summed E-state index contributed by atoms with van der Waals surface area (Å²) in [7, 11) is 0. The molecule has 0 aliphatic carbocycles. The molecule has 0 atom stereocenters. The zero-order chi connectivity index (χ0) is 16.3. The number of barbiturate groups is 1. The van der Waals surface area contributed by atoms with Gasteiger partial charge >= 0.3 is 6.03 Å². The van der Waals surface area contributed by atoms with Gasteiger partial charge in [0.2, 0.25) is 5.91 Å². The molecule has 1 aliphatic heterocycles. The second-order valence-corrected chi connectivity index (χ2v) is 6.19. The number of carbonyl (C=O) groups is 3. The molecule has 2 rings (SSSR count). The van der Waals surface area contributed by atoms with Gasteiger partial charge in [-0.1, -0.05) is 12.2 Å². The summed E-state index contributed by atoms with van der Waals surface area (Å²) >= 11 is 2.13. The minimum absolute atomic E-state index is 0.137. The highest BCUT2D eigenvalue weighted by Gasteiger charge is 2.52. The summed E-state index contributed by atoms with van der Waals surface area (Å²) in [6, 6.07) is 6.17. The Morgan fingerprint density at radius 1 is 1.09 bits per heavy atom. The van der Waals surface area contributed by atoms with Crippen LogP contribution in [0.5, 0.6) is 0 Å². The van der Waals surface area contributed by atoms with Crippen molar-refractivity contribution in [1.82, 2.24) is 5.32 Å². The molecule has 0 unspecified atom stereocenters. The summed E-state index contributed by atoms with van der Waals surface area (Å²) in [5.41, 5.74) is -0.951. The van der Waals surface area contributed by atoms with Crippen LogP contribution in [-0.2, 0) is 9.59 Å². The van der Waals surface area contributed by atoms with Gasteiger partial charge in [0, 0.05) is 3.57 Å². The normalized spacial score (nSPS) is 17.1. The molecule has 22 heavy (non-hydrogen) atoms. The number of hydrogen-bond acceptors (Lipinski definition) is 3. The van der Waals surface area contributed by atoms with Crippen molar-refractivity contribution in [3.63, 3.8) is 0 Å². The van der Waals surface area contributed by atoms with E-state index >= 15 is 0 Å². The van der Waals surface area contributed by atoms with Crippen molar-refractivity contribution in [3.05, 3.63) is 53.1 Å². The van der Waals surface area contributed by atoms with Gasteiger partial charge in [0.25, 0.3) is 5.91 Å². The van der Waals surface area contributed by atoms with Gasteiger partial charge < -0.3 is 0 Å². The third-order valence-electron chi connectivity index (χ3n) is 3.54. The number of hydrogen-bond donors (Lipinski definition) is 1. The van der Waals surface area contributed by atoms with E-state index in [1.807, 2.05) is 0 Å². The van der Waals surface area contributed by atoms with Gasteiger partial charge in [-0.25, -0.2) is 9.69 Å². The molecule has 1 aromatic carbocycles. The van der Waals surface area contributed by atoms with Crippen LogP contribution in [0.4, 0.5) is 10.5 Å². The summed E-state index contributed by atoms with van der Waals surface area (Å²) in [5.74, 6) is -1.16. The van der Waals surface area contributed by atoms with Crippen molar-refractivity contribution in [2.75, 3.05) is 4.90 Å². The van der Waals surface area contributed by atoms with E-state index in [4.69, 9.17) is 0 Å². The Balaban J connectivity index is 2.50. The topological polar surface area (TPSA) is 66.5 Å². The molecule has 0 radical (unpaired) electrons. The Hall–Kier alpha value is -1.96. The lowest BCUT2D eigenvalue weighted by Crippen LogP contribution is -2.64. The van der Waals surface area contributed by atoms with Crippen molar-refractivity contribution in [2.24, 2.45) is 5.41 Å².